The van der Waals surface area contributed by atoms with Gasteiger partial charge in [-0.1, -0.05) is 0 Å². The Kier molecular flexibility index (Phi) is 3.33. The van der Waals surface area contributed by atoms with Crippen LogP contribution in [0.15, 0.2) is 18.2 Å². The fraction of sp³-hybridized carbons (Fsp3) is 0.273. The molecule has 1 aromatic rings. The van der Waals surface area contributed by atoms with Gasteiger partial charge in [-0.15, -0.1) is 0 Å². The van der Waals surface area contributed by atoms with Crippen molar-refractivity contribution in [3.05, 3.63) is 30.7 Å². The number of hydrogen-bond donors (Lipinski definition) is 2. The van der Waals surface area contributed by atoms with Gasteiger partial charge in [0.2, 0.25) is 16.8 Å². The van der Waals surface area contributed by atoms with Crippen LogP contribution in [0.5, 0.6) is 0 Å². The van der Waals surface area contributed by atoms with Gasteiger partial charge in [-0.25, -0.2) is 8.42 Å². The molecule has 0 aromatic heterocycles. The Hall–Kier alpha value is -1.56. The van der Waals surface area contributed by atoms with E-state index in [4.69, 9.17) is 0 Å². The molecule has 6 heteroatoms. The number of carbonyl (C=O) groups is 1. The van der Waals surface area contributed by atoms with Gasteiger partial charge in [0.05, 0.1) is 5.69 Å². The van der Waals surface area contributed by atoms with E-state index in [1.54, 1.807) is 18.2 Å². The first-order valence-electron chi connectivity index (χ1n) is 5.25. The third-order valence-corrected chi connectivity index (χ3v) is 3.52. The normalized spacial score (nSPS) is 14.4. The van der Waals surface area contributed by atoms with Gasteiger partial charge in [-0.3, -0.25) is 9.10 Å². The molecule has 1 aromatic carbocycles. The Morgan fingerprint density at radius 3 is 2.76 bits per heavy atom. The van der Waals surface area contributed by atoms with E-state index in [1.165, 1.54) is 4.31 Å². The number of nitrogens with zero attached hydrogens (tertiary/aromatic N) is 1. The highest BCUT2D eigenvalue weighted by Crippen LogP contribution is 2.27. The molecule has 0 bridgehead atoms. The van der Waals surface area contributed by atoms with Crippen molar-refractivity contribution in [1.29, 1.82) is 0 Å². The molecule has 2 rings (SSSR count). The zero-order chi connectivity index (χ0) is 12.4. The summed E-state index contributed by atoms with van der Waals surface area (Å²) in [7, 11) is -2.68. The predicted molar refractivity (Wildman–Crippen MR) is 66.4 cm³/mol. The van der Waals surface area contributed by atoms with Gasteiger partial charge >= 0.3 is 0 Å². The molecule has 1 aliphatic heterocycles. The average Bonchev–Trinajstić information content (AvgIpc) is 2.29. The molecule has 5 nitrogen and oxygen atoms in total. The molecule has 0 fully saturated rings. The molecule has 1 amide bonds. The lowest BCUT2D eigenvalue weighted by molar-refractivity contribution is -0.116. The molecule has 0 saturated carbocycles. The van der Waals surface area contributed by atoms with E-state index in [1.807, 2.05) is 0 Å². The first kappa shape index (κ1) is 11.9. The smallest absolute Gasteiger partial charge is 0.225 e. The van der Waals surface area contributed by atoms with Crippen molar-refractivity contribution in [3.8, 4) is 0 Å². The second-order valence-electron chi connectivity index (χ2n) is 3.75. The van der Waals surface area contributed by atoms with E-state index >= 15 is 0 Å². The van der Waals surface area contributed by atoms with Crippen molar-refractivity contribution >= 4 is 28.2 Å². The number of fused-ring (bicyclic) bond motifs is 1. The van der Waals surface area contributed by atoms with Gasteiger partial charge in [-0.05, 0) is 37.1 Å². The summed E-state index contributed by atoms with van der Waals surface area (Å²) in [6, 6.07) is 5.18. The molecule has 1 N–H and O–H groups in total. The fourth-order valence-corrected chi connectivity index (χ4v) is 2.31. The predicted octanol–water partition coefficient (Wildman–Crippen LogP) is 0.738. The lowest BCUT2D eigenvalue weighted by Gasteiger charge is -2.21. The average molecular weight is 253 g/mol. The minimum absolute atomic E-state index is 0.00540. The standard InChI is InChI=1S/C11H13N2O3S/c1-2-13(17(15)16)9-4-5-10-8(7-9)3-6-11(14)12-10/h4-5,7,17H,1-3,6H2,(H,12,14). The van der Waals surface area contributed by atoms with Crippen LogP contribution in [-0.2, 0) is 22.1 Å². The highest BCUT2D eigenvalue weighted by Gasteiger charge is 2.16. The molecule has 0 saturated heterocycles. The second-order valence-corrected chi connectivity index (χ2v) is 4.71. The van der Waals surface area contributed by atoms with Crippen LogP contribution in [0.3, 0.4) is 0 Å². The lowest BCUT2D eigenvalue weighted by atomic mass is 10.0. The number of aryl methyl sites for hydroxylation is 1. The third kappa shape index (κ3) is 2.41. The molecule has 17 heavy (non-hydrogen) atoms. The summed E-state index contributed by atoms with van der Waals surface area (Å²) in [4.78, 5) is 11.2. The summed E-state index contributed by atoms with van der Waals surface area (Å²) in [5.41, 5.74) is 2.30. The Morgan fingerprint density at radius 1 is 1.35 bits per heavy atom. The fourth-order valence-electron chi connectivity index (χ4n) is 1.84. The van der Waals surface area contributed by atoms with E-state index in [2.05, 4.69) is 12.2 Å². The van der Waals surface area contributed by atoms with Gasteiger partial charge in [0, 0.05) is 18.7 Å². The Balaban J connectivity index is 2.36. The van der Waals surface area contributed by atoms with Crippen molar-refractivity contribution in [2.45, 2.75) is 12.8 Å². The molecule has 0 atom stereocenters. The van der Waals surface area contributed by atoms with Crippen molar-refractivity contribution < 1.29 is 13.2 Å². The molecule has 91 valence electrons. The molecule has 0 aliphatic carbocycles. The van der Waals surface area contributed by atoms with Crippen LogP contribution < -0.4 is 9.62 Å². The second kappa shape index (κ2) is 4.75. The minimum atomic E-state index is -2.68. The highest BCUT2D eigenvalue weighted by atomic mass is 32.2. The number of carbonyl (C=O) groups excluding carboxylic acids is 1. The van der Waals surface area contributed by atoms with Gasteiger partial charge in [0.25, 0.3) is 0 Å². The maximum absolute atomic E-state index is 11.2. The van der Waals surface area contributed by atoms with Gasteiger partial charge in [-0.2, -0.15) is 0 Å². The van der Waals surface area contributed by atoms with E-state index in [-0.39, 0.29) is 12.5 Å². The third-order valence-electron chi connectivity index (χ3n) is 2.69. The zero-order valence-electron chi connectivity index (χ0n) is 9.18. The van der Waals surface area contributed by atoms with Crippen LogP contribution in [0.1, 0.15) is 12.0 Å². The molecule has 1 heterocycles. The minimum Gasteiger partial charge on any atom is -0.326 e. The summed E-state index contributed by atoms with van der Waals surface area (Å²) >= 11 is 0. The van der Waals surface area contributed by atoms with Crippen molar-refractivity contribution in [1.82, 2.24) is 0 Å². The monoisotopic (exact) mass is 253 g/mol. The van der Waals surface area contributed by atoms with Crippen LogP contribution >= 0.6 is 0 Å². The number of rotatable bonds is 3. The van der Waals surface area contributed by atoms with Crippen molar-refractivity contribution in [2.75, 3.05) is 16.2 Å². The Labute approximate surface area is 102 Å². The number of benzene rings is 1. The number of nitrogens with one attached hydrogen (secondary N) is 1. The number of amides is 1. The SMILES string of the molecule is [CH2]CN(c1ccc2c(c1)CCC(=O)N2)[SH](=O)=O. The number of anilines is 2. The molecule has 1 aliphatic rings. The van der Waals surface area contributed by atoms with Gasteiger partial charge in [0.1, 0.15) is 0 Å². The Bertz CT molecular complexity index is 517. The topological polar surface area (TPSA) is 66.5 Å². The maximum atomic E-state index is 11.2. The van der Waals surface area contributed by atoms with Crippen molar-refractivity contribution in [2.24, 2.45) is 0 Å². The summed E-state index contributed by atoms with van der Waals surface area (Å²) in [5, 5.41) is 2.75. The van der Waals surface area contributed by atoms with Gasteiger partial charge < -0.3 is 5.32 Å². The highest BCUT2D eigenvalue weighted by molar-refractivity contribution is 7.74. The Morgan fingerprint density at radius 2 is 2.12 bits per heavy atom. The molecular weight excluding hydrogens is 240 g/mol. The van der Waals surface area contributed by atoms with Crippen LogP contribution in [0, 0.1) is 6.92 Å². The van der Waals surface area contributed by atoms with Crippen LogP contribution in [-0.4, -0.2) is 20.9 Å². The largest absolute Gasteiger partial charge is 0.326 e. The van der Waals surface area contributed by atoms with Crippen LogP contribution in [0.4, 0.5) is 11.4 Å². The summed E-state index contributed by atoms with van der Waals surface area (Å²) in [6.45, 7) is 3.74. The van der Waals surface area contributed by atoms with E-state index in [0.717, 1.165) is 11.3 Å². The van der Waals surface area contributed by atoms with E-state index < -0.39 is 10.9 Å². The molecular formula is C11H13N2O3S. The molecule has 1 radical (unpaired) electrons. The van der Waals surface area contributed by atoms with E-state index in [0.29, 0.717) is 18.5 Å². The molecule has 0 spiro atoms. The molecule has 0 unspecified atom stereocenters. The summed E-state index contributed by atoms with van der Waals surface area (Å²) < 4.78 is 23.2. The van der Waals surface area contributed by atoms with Crippen molar-refractivity contribution in [3.63, 3.8) is 0 Å². The first-order valence-corrected chi connectivity index (χ1v) is 6.38. The number of thiol groups is 1. The summed E-state index contributed by atoms with van der Waals surface area (Å²) in [6.07, 6.45) is 1.07. The van der Waals surface area contributed by atoms with Gasteiger partial charge in [0.15, 0.2) is 0 Å². The lowest BCUT2D eigenvalue weighted by Crippen LogP contribution is -2.22. The van der Waals surface area contributed by atoms with Crippen LogP contribution in [0.2, 0.25) is 0 Å². The van der Waals surface area contributed by atoms with Crippen LogP contribution in [0.25, 0.3) is 0 Å². The quantitative estimate of drug-likeness (QED) is 0.781. The summed E-state index contributed by atoms with van der Waals surface area (Å²) in [5.74, 6) is -0.00540. The first-order chi connectivity index (χ1) is 8.11. The maximum Gasteiger partial charge on any atom is 0.225 e. The zero-order valence-corrected chi connectivity index (χ0v) is 10.1. The number of hydrogen-bond acceptors (Lipinski definition) is 3. The van der Waals surface area contributed by atoms with E-state index in [9.17, 15) is 13.2 Å².